The van der Waals surface area contributed by atoms with Crippen molar-refractivity contribution in [2.45, 2.75) is 24.7 Å². The number of carbonyl (C=O) groups excluding carboxylic acids is 1. The average Bonchev–Trinajstić information content (AvgIpc) is 2.67. The monoisotopic (exact) mass is 365 g/mol. The Kier molecular flexibility index (Phi) is 6.18. The minimum atomic E-state index is 0.0461. The molecule has 0 aliphatic heterocycles. The van der Waals surface area contributed by atoms with Crippen LogP contribution in [0, 0.1) is 6.92 Å². The first-order valence-corrected chi connectivity index (χ1v) is 9.71. The Hall–Kier alpha value is -2.46. The second kappa shape index (κ2) is 8.77. The van der Waals surface area contributed by atoms with Gasteiger partial charge in [-0.25, -0.2) is 0 Å². The number of anilines is 1. The molecule has 4 heteroatoms. The topological polar surface area (TPSA) is 38.3 Å². The van der Waals surface area contributed by atoms with E-state index in [0.29, 0.717) is 6.42 Å². The Morgan fingerprint density at radius 2 is 1.73 bits per heavy atom. The van der Waals surface area contributed by atoms with E-state index >= 15 is 0 Å². The van der Waals surface area contributed by atoms with E-state index < -0.39 is 0 Å². The van der Waals surface area contributed by atoms with Gasteiger partial charge in [-0.2, -0.15) is 0 Å². The summed E-state index contributed by atoms with van der Waals surface area (Å²) < 4.78 is 5.40. The number of hydrogen-bond donors (Lipinski definition) is 1. The van der Waals surface area contributed by atoms with Crippen LogP contribution in [-0.4, -0.2) is 18.8 Å². The molecule has 134 valence electrons. The summed E-state index contributed by atoms with van der Waals surface area (Å²) in [5.74, 6) is 1.79. The second-order valence-electron chi connectivity index (χ2n) is 6.17. The number of aryl methyl sites for hydroxylation is 1. The maximum absolute atomic E-state index is 12.3. The van der Waals surface area contributed by atoms with Crippen LogP contribution in [-0.2, 0) is 4.79 Å². The lowest BCUT2D eigenvalue weighted by molar-refractivity contribution is -0.116. The van der Waals surface area contributed by atoms with Crippen molar-refractivity contribution in [1.29, 1.82) is 0 Å². The normalized spacial score (nSPS) is 10.7. The molecule has 26 heavy (non-hydrogen) atoms. The standard InChI is InChI=1S/C22H23NO2S/c1-16-9-11-17(12-10-16)26-15-5-8-22(24)23-20-13-14-21(25-2)19-7-4-3-6-18(19)20/h3-4,6-7,9-14H,5,8,15H2,1-2H3,(H,23,24). The van der Waals surface area contributed by atoms with Crippen molar-refractivity contribution in [2.24, 2.45) is 0 Å². The van der Waals surface area contributed by atoms with Gasteiger partial charge in [0.05, 0.1) is 7.11 Å². The minimum absolute atomic E-state index is 0.0461. The number of methoxy groups -OCH3 is 1. The van der Waals surface area contributed by atoms with Crippen molar-refractivity contribution in [3.8, 4) is 5.75 Å². The molecule has 0 saturated carbocycles. The zero-order chi connectivity index (χ0) is 18.4. The zero-order valence-electron chi connectivity index (χ0n) is 15.1. The number of carbonyl (C=O) groups is 1. The van der Waals surface area contributed by atoms with E-state index in [0.717, 1.165) is 34.4 Å². The molecule has 3 aromatic carbocycles. The maximum Gasteiger partial charge on any atom is 0.224 e. The first kappa shape index (κ1) is 18.3. The van der Waals surface area contributed by atoms with Crippen LogP contribution in [0.2, 0.25) is 0 Å². The van der Waals surface area contributed by atoms with Gasteiger partial charge in [-0.1, -0.05) is 42.0 Å². The van der Waals surface area contributed by atoms with Gasteiger partial charge in [0.15, 0.2) is 0 Å². The molecule has 0 atom stereocenters. The number of thioether (sulfide) groups is 1. The molecule has 3 rings (SSSR count). The van der Waals surface area contributed by atoms with Crippen molar-refractivity contribution < 1.29 is 9.53 Å². The number of hydrogen-bond acceptors (Lipinski definition) is 3. The van der Waals surface area contributed by atoms with Crippen LogP contribution in [0.4, 0.5) is 5.69 Å². The predicted molar refractivity (Wildman–Crippen MR) is 110 cm³/mol. The third kappa shape index (κ3) is 4.58. The molecule has 0 fully saturated rings. The van der Waals surface area contributed by atoms with Crippen LogP contribution in [0.3, 0.4) is 0 Å². The summed E-state index contributed by atoms with van der Waals surface area (Å²) in [4.78, 5) is 13.6. The van der Waals surface area contributed by atoms with Crippen LogP contribution in [0.1, 0.15) is 18.4 Å². The molecule has 0 radical (unpaired) electrons. The van der Waals surface area contributed by atoms with E-state index in [1.165, 1.54) is 10.5 Å². The van der Waals surface area contributed by atoms with Gasteiger partial charge in [-0.3, -0.25) is 4.79 Å². The van der Waals surface area contributed by atoms with E-state index in [2.05, 4.69) is 36.5 Å². The van der Waals surface area contributed by atoms with Crippen LogP contribution in [0.15, 0.2) is 65.6 Å². The Balaban J connectivity index is 1.55. The zero-order valence-corrected chi connectivity index (χ0v) is 15.9. The van der Waals surface area contributed by atoms with E-state index in [-0.39, 0.29) is 5.91 Å². The van der Waals surface area contributed by atoms with E-state index in [9.17, 15) is 4.79 Å². The number of benzene rings is 3. The van der Waals surface area contributed by atoms with Crippen molar-refractivity contribution in [3.05, 3.63) is 66.2 Å². The molecule has 0 unspecified atom stereocenters. The van der Waals surface area contributed by atoms with Gasteiger partial charge in [-0.05, 0) is 43.4 Å². The van der Waals surface area contributed by atoms with Crippen molar-refractivity contribution in [2.75, 3.05) is 18.2 Å². The highest BCUT2D eigenvalue weighted by molar-refractivity contribution is 7.99. The summed E-state index contributed by atoms with van der Waals surface area (Å²) in [5.41, 5.74) is 2.10. The van der Waals surface area contributed by atoms with Gasteiger partial charge >= 0.3 is 0 Å². The summed E-state index contributed by atoms with van der Waals surface area (Å²) in [6.07, 6.45) is 1.36. The van der Waals surface area contributed by atoms with E-state index in [4.69, 9.17) is 4.74 Å². The summed E-state index contributed by atoms with van der Waals surface area (Å²) in [6.45, 7) is 2.08. The molecule has 0 aliphatic carbocycles. The van der Waals surface area contributed by atoms with Gasteiger partial charge in [0, 0.05) is 27.8 Å². The highest BCUT2D eigenvalue weighted by Gasteiger charge is 2.09. The van der Waals surface area contributed by atoms with Crippen molar-refractivity contribution in [3.63, 3.8) is 0 Å². The molecular weight excluding hydrogens is 342 g/mol. The quantitative estimate of drug-likeness (QED) is 0.433. The fourth-order valence-electron chi connectivity index (χ4n) is 2.83. The average molecular weight is 365 g/mol. The molecule has 0 aromatic heterocycles. The highest BCUT2D eigenvalue weighted by Crippen LogP contribution is 2.31. The van der Waals surface area contributed by atoms with Crippen LogP contribution in [0.25, 0.3) is 10.8 Å². The minimum Gasteiger partial charge on any atom is -0.496 e. The maximum atomic E-state index is 12.3. The molecule has 3 nitrogen and oxygen atoms in total. The Labute approximate surface area is 158 Å². The van der Waals surface area contributed by atoms with E-state index in [1.807, 2.05) is 36.4 Å². The molecule has 3 aromatic rings. The van der Waals surface area contributed by atoms with Gasteiger partial charge < -0.3 is 10.1 Å². The Bertz CT molecular complexity index is 890. The summed E-state index contributed by atoms with van der Waals surface area (Å²) in [6, 6.07) is 20.2. The van der Waals surface area contributed by atoms with Gasteiger partial charge in [0.2, 0.25) is 5.91 Å². The third-order valence-electron chi connectivity index (χ3n) is 4.22. The number of nitrogens with one attached hydrogen (secondary N) is 1. The number of fused-ring (bicyclic) bond motifs is 1. The predicted octanol–water partition coefficient (Wildman–Crippen LogP) is 5.67. The Morgan fingerprint density at radius 1 is 1.00 bits per heavy atom. The third-order valence-corrected chi connectivity index (χ3v) is 5.31. The SMILES string of the molecule is COc1ccc(NC(=O)CCCSc2ccc(C)cc2)c2ccccc12. The number of rotatable bonds is 7. The largest absolute Gasteiger partial charge is 0.496 e. The molecule has 0 aliphatic rings. The first-order valence-electron chi connectivity index (χ1n) is 8.72. The molecule has 1 amide bonds. The lowest BCUT2D eigenvalue weighted by Crippen LogP contribution is -2.11. The first-order chi connectivity index (χ1) is 12.7. The van der Waals surface area contributed by atoms with Crippen molar-refractivity contribution in [1.82, 2.24) is 0 Å². The highest BCUT2D eigenvalue weighted by atomic mass is 32.2. The summed E-state index contributed by atoms with van der Waals surface area (Å²) in [7, 11) is 1.66. The number of ether oxygens (including phenoxy) is 1. The van der Waals surface area contributed by atoms with Crippen molar-refractivity contribution >= 4 is 34.1 Å². The summed E-state index contributed by atoms with van der Waals surface area (Å²) in [5, 5.41) is 5.04. The molecule has 0 saturated heterocycles. The van der Waals surface area contributed by atoms with Gasteiger partial charge in [0.25, 0.3) is 0 Å². The van der Waals surface area contributed by atoms with E-state index in [1.54, 1.807) is 18.9 Å². The van der Waals surface area contributed by atoms with Gasteiger partial charge in [-0.15, -0.1) is 11.8 Å². The fraction of sp³-hybridized carbons (Fsp3) is 0.227. The molecule has 1 N–H and O–H groups in total. The van der Waals surface area contributed by atoms with Crippen LogP contribution < -0.4 is 10.1 Å². The molecule has 0 spiro atoms. The second-order valence-corrected chi connectivity index (χ2v) is 7.34. The van der Waals surface area contributed by atoms with Crippen LogP contribution >= 0.6 is 11.8 Å². The van der Waals surface area contributed by atoms with Crippen LogP contribution in [0.5, 0.6) is 5.75 Å². The fourth-order valence-corrected chi connectivity index (χ4v) is 3.68. The lowest BCUT2D eigenvalue weighted by atomic mass is 10.1. The Morgan fingerprint density at radius 3 is 2.46 bits per heavy atom. The molecule has 0 heterocycles. The molecular formula is C22H23NO2S. The smallest absolute Gasteiger partial charge is 0.224 e. The molecule has 0 bridgehead atoms. The summed E-state index contributed by atoms with van der Waals surface area (Å²) >= 11 is 1.79. The van der Waals surface area contributed by atoms with Gasteiger partial charge in [0.1, 0.15) is 5.75 Å². The lowest BCUT2D eigenvalue weighted by Gasteiger charge is -2.11. The number of amides is 1.